The number of nitro groups is 1. The average Bonchev–Trinajstić information content (AvgIpc) is 2.84. The first-order chi connectivity index (χ1) is 16.3. The van der Waals surface area contributed by atoms with E-state index in [0.717, 1.165) is 18.2 Å². The highest BCUT2D eigenvalue weighted by Gasteiger charge is 2.32. The molecular formula is C22H19FN4O7. The molecule has 0 bridgehead atoms. The molecule has 3 aromatic rings. The van der Waals surface area contributed by atoms with Crippen molar-refractivity contribution in [2.45, 2.75) is 0 Å². The third kappa shape index (κ3) is 4.85. The van der Waals surface area contributed by atoms with Gasteiger partial charge in [0, 0.05) is 12.3 Å². The number of nitrogens with one attached hydrogen (secondary N) is 2. The van der Waals surface area contributed by atoms with Gasteiger partial charge in [-0.2, -0.15) is 0 Å². The Labute approximate surface area is 192 Å². The van der Waals surface area contributed by atoms with Gasteiger partial charge in [-0.05, 0) is 30.3 Å². The minimum Gasteiger partial charge on any atom is -0.493 e. The Morgan fingerprint density at radius 1 is 0.941 bits per heavy atom. The number of nitro benzene ring substituents is 1. The summed E-state index contributed by atoms with van der Waals surface area (Å²) in [6.45, 7) is 0. The van der Waals surface area contributed by atoms with Gasteiger partial charge in [-0.3, -0.25) is 24.7 Å². The molecular weight excluding hydrogens is 451 g/mol. The molecule has 2 N–H and O–H groups in total. The monoisotopic (exact) mass is 470 g/mol. The smallest absolute Gasteiger partial charge is 0.327 e. The zero-order chi connectivity index (χ0) is 24.8. The largest absolute Gasteiger partial charge is 0.493 e. The summed E-state index contributed by atoms with van der Waals surface area (Å²) in [7, 11) is 3.71. The lowest BCUT2D eigenvalue weighted by molar-refractivity contribution is -0.386. The molecule has 0 radical (unpaired) electrons. The average molecular weight is 470 g/mol. The van der Waals surface area contributed by atoms with Crippen molar-refractivity contribution < 1.29 is 33.1 Å². The third-order valence-electron chi connectivity index (χ3n) is 4.61. The first-order valence-electron chi connectivity index (χ1n) is 9.61. The van der Waals surface area contributed by atoms with Crippen LogP contribution in [0.15, 0.2) is 48.7 Å². The number of rotatable bonds is 8. The molecule has 2 amide bonds. The Kier molecular flexibility index (Phi) is 7.21. The van der Waals surface area contributed by atoms with E-state index in [0.29, 0.717) is 0 Å². The van der Waals surface area contributed by atoms with Crippen LogP contribution in [0.25, 0.3) is 0 Å². The number of methoxy groups -OCH3 is 3. The van der Waals surface area contributed by atoms with Gasteiger partial charge in [-0.15, -0.1) is 0 Å². The van der Waals surface area contributed by atoms with Gasteiger partial charge in [0.15, 0.2) is 5.75 Å². The van der Waals surface area contributed by atoms with E-state index in [1.54, 1.807) is 12.1 Å². The maximum absolute atomic E-state index is 14.0. The number of anilines is 2. The quantitative estimate of drug-likeness (QED) is 0.375. The Morgan fingerprint density at radius 3 is 2.24 bits per heavy atom. The number of ether oxygens (including phenoxy) is 3. The lowest BCUT2D eigenvalue weighted by Gasteiger charge is -2.16. The van der Waals surface area contributed by atoms with E-state index in [1.807, 2.05) is 0 Å². The van der Waals surface area contributed by atoms with Crippen molar-refractivity contribution in [2.24, 2.45) is 0 Å². The number of aromatic nitrogens is 1. The fourth-order valence-corrected chi connectivity index (χ4v) is 3.10. The minimum absolute atomic E-state index is 0.00183. The summed E-state index contributed by atoms with van der Waals surface area (Å²) in [6.07, 6.45) is 1.42. The van der Waals surface area contributed by atoms with Crippen LogP contribution < -0.4 is 24.8 Å². The summed E-state index contributed by atoms with van der Waals surface area (Å²) in [4.78, 5) is 40.4. The second-order valence-electron chi connectivity index (χ2n) is 6.61. The summed E-state index contributed by atoms with van der Waals surface area (Å²) in [6, 6.07) is 9.07. The molecule has 1 heterocycles. The molecule has 0 atom stereocenters. The second-order valence-corrected chi connectivity index (χ2v) is 6.61. The summed E-state index contributed by atoms with van der Waals surface area (Å²) < 4.78 is 29.4. The van der Waals surface area contributed by atoms with Gasteiger partial charge in [0.05, 0.1) is 37.6 Å². The fraction of sp³-hybridized carbons (Fsp3) is 0.136. The Balaban J connectivity index is 2.03. The maximum Gasteiger partial charge on any atom is 0.327 e. The van der Waals surface area contributed by atoms with Crippen LogP contribution in [-0.2, 0) is 0 Å². The molecule has 3 rings (SSSR count). The predicted octanol–water partition coefficient (Wildman–Crippen LogP) is 3.66. The summed E-state index contributed by atoms with van der Waals surface area (Å²) in [5, 5.41) is 16.7. The molecule has 0 fully saturated rings. The number of halogens is 1. The lowest BCUT2D eigenvalue weighted by atomic mass is 10.1. The van der Waals surface area contributed by atoms with E-state index in [9.17, 15) is 24.1 Å². The van der Waals surface area contributed by atoms with Crippen LogP contribution >= 0.6 is 0 Å². The van der Waals surface area contributed by atoms with E-state index in [4.69, 9.17) is 14.2 Å². The molecule has 0 aliphatic rings. The molecule has 0 aliphatic carbocycles. The van der Waals surface area contributed by atoms with Crippen LogP contribution in [0.4, 0.5) is 21.5 Å². The lowest BCUT2D eigenvalue weighted by Crippen LogP contribution is -2.19. The van der Waals surface area contributed by atoms with Crippen molar-refractivity contribution in [2.75, 3.05) is 32.0 Å². The SMILES string of the molecule is COc1cc(C(=O)Nc2cc(F)ccc2NC(=O)c2ccccn2)c([N+](=O)[O-])c(OC)c1OC. The molecule has 176 valence electrons. The summed E-state index contributed by atoms with van der Waals surface area (Å²) >= 11 is 0. The van der Waals surface area contributed by atoms with Gasteiger partial charge in [-0.25, -0.2) is 4.39 Å². The van der Waals surface area contributed by atoms with Crippen LogP contribution in [0.5, 0.6) is 17.2 Å². The Bertz CT molecular complexity index is 1250. The Hall–Kier alpha value is -4.74. The highest BCUT2D eigenvalue weighted by atomic mass is 19.1. The van der Waals surface area contributed by atoms with Gasteiger partial charge in [0.1, 0.15) is 17.1 Å². The van der Waals surface area contributed by atoms with Crippen molar-refractivity contribution in [3.05, 3.63) is 75.9 Å². The molecule has 34 heavy (non-hydrogen) atoms. The number of benzene rings is 2. The van der Waals surface area contributed by atoms with Crippen LogP contribution in [0, 0.1) is 15.9 Å². The van der Waals surface area contributed by atoms with Gasteiger partial charge >= 0.3 is 5.69 Å². The van der Waals surface area contributed by atoms with Crippen LogP contribution in [0.2, 0.25) is 0 Å². The van der Waals surface area contributed by atoms with Gasteiger partial charge < -0.3 is 24.8 Å². The van der Waals surface area contributed by atoms with Crippen LogP contribution in [0.3, 0.4) is 0 Å². The molecule has 0 aliphatic heterocycles. The van der Waals surface area contributed by atoms with E-state index >= 15 is 0 Å². The van der Waals surface area contributed by atoms with Crippen molar-refractivity contribution in [1.82, 2.24) is 4.98 Å². The van der Waals surface area contributed by atoms with Gasteiger partial charge in [-0.1, -0.05) is 6.07 Å². The molecule has 2 aromatic carbocycles. The molecule has 0 saturated carbocycles. The first kappa shape index (κ1) is 23.9. The molecule has 12 heteroatoms. The minimum atomic E-state index is -0.982. The van der Waals surface area contributed by atoms with Crippen molar-refractivity contribution >= 4 is 28.9 Å². The highest BCUT2D eigenvalue weighted by Crippen LogP contribution is 2.46. The van der Waals surface area contributed by atoms with Crippen molar-refractivity contribution in [3.8, 4) is 17.2 Å². The highest BCUT2D eigenvalue weighted by molar-refractivity contribution is 6.11. The number of carbonyl (C=O) groups is 2. The van der Waals surface area contributed by atoms with Gasteiger partial charge in [0.2, 0.25) is 11.5 Å². The number of hydrogen-bond acceptors (Lipinski definition) is 8. The molecule has 11 nitrogen and oxygen atoms in total. The molecule has 0 unspecified atom stereocenters. The van der Waals surface area contributed by atoms with Crippen LogP contribution in [-0.4, -0.2) is 43.1 Å². The van der Waals surface area contributed by atoms with Crippen LogP contribution in [0.1, 0.15) is 20.8 Å². The topological polar surface area (TPSA) is 142 Å². The van der Waals surface area contributed by atoms with Gasteiger partial charge in [0.25, 0.3) is 11.8 Å². The molecule has 0 saturated heterocycles. The number of amides is 2. The Morgan fingerprint density at radius 2 is 1.65 bits per heavy atom. The predicted molar refractivity (Wildman–Crippen MR) is 119 cm³/mol. The first-order valence-corrected chi connectivity index (χ1v) is 9.61. The second kappa shape index (κ2) is 10.3. The van der Waals surface area contributed by atoms with Crippen molar-refractivity contribution in [1.29, 1.82) is 0 Å². The maximum atomic E-state index is 14.0. The summed E-state index contributed by atoms with van der Waals surface area (Å²) in [5.74, 6) is -2.72. The normalized spacial score (nSPS) is 10.2. The third-order valence-corrected chi connectivity index (χ3v) is 4.61. The van der Waals surface area contributed by atoms with Crippen molar-refractivity contribution in [3.63, 3.8) is 0 Å². The summed E-state index contributed by atoms with van der Waals surface area (Å²) in [5.41, 5.74) is -1.14. The number of carbonyl (C=O) groups excluding carboxylic acids is 2. The van der Waals surface area contributed by atoms with E-state index in [2.05, 4.69) is 15.6 Å². The zero-order valence-corrected chi connectivity index (χ0v) is 18.2. The zero-order valence-electron chi connectivity index (χ0n) is 18.2. The molecule has 0 spiro atoms. The number of pyridine rings is 1. The molecule has 1 aromatic heterocycles. The van der Waals surface area contributed by atoms with E-state index in [-0.39, 0.29) is 34.3 Å². The number of hydrogen-bond donors (Lipinski definition) is 2. The van der Waals surface area contributed by atoms with E-state index < -0.39 is 33.8 Å². The van der Waals surface area contributed by atoms with E-state index in [1.165, 1.54) is 39.7 Å². The fourth-order valence-electron chi connectivity index (χ4n) is 3.10. The standard InChI is InChI=1S/C22H19FN4O7/c1-32-17-11-13(18(27(30)31)20(34-3)19(17)33-2)21(28)26-16-10-12(23)7-8-14(16)25-22(29)15-6-4-5-9-24-15/h4-11H,1-3H3,(H,25,29)(H,26,28). The number of nitrogens with zero attached hydrogens (tertiary/aromatic N) is 2.